The van der Waals surface area contributed by atoms with Crippen molar-refractivity contribution in [2.75, 3.05) is 0 Å². The van der Waals surface area contributed by atoms with Crippen molar-refractivity contribution in [2.24, 2.45) is 11.7 Å². The molecule has 0 saturated heterocycles. The summed E-state index contributed by atoms with van der Waals surface area (Å²) in [7, 11) is 0. The average Bonchev–Trinajstić information content (AvgIpc) is 2.30. The summed E-state index contributed by atoms with van der Waals surface area (Å²) in [4.78, 5) is 0. The van der Waals surface area contributed by atoms with Gasteiger partial charge in [-0.3, -0.25) is 0 Å². The van der Waals surface area contributed by atoms with Crippen molar-refractivity contribution in [2.45, 2.75) is 32.4 Å². The summed E-state index contributed by atoms with van der Waals surface area (Å²) < 4.78 is 0. The number of benzene rings is 1. The molecule has 0 fully saturated rings. The number of nitrogens with two attached hydrogens (primary N) is 1. The molecule has 0 aliphatic heterocycles. The Balaban J connectivity index is 3.07. The smallest absolute Gasteiger partial charge is 0.0758 e. The van der Waals surface area contributed by atoms with Gasteiger partial charge in [-0.05, 0) is 23.6 Å². The molecule has 0 radical (unpaired) electrons. The third kappa shape index (κ3) is 3.49. The van der Waals surface area contributed by atoms with E-state index in [2.05, 4.69) is 0 Å². The first-order valence-electron chi connectivity index (χ1n) is 5.46. The summed E-state index contributed by atoms with van der Waals surface area (Å²) >= 11 is 17.9. The quantitative estimate of drug-likeness (QED) is 0.823. The summed E-state index contributed by atoms with van der Waals surface area (Å²) in [5, 5.41) is 11.2. The Morgan fingerprint density at radius 2 is 1.88 bits per heavy atom. The van der Waals surface area contributed by atoms with Crippen LogP contribution in [-0.2, 0) is 0 Å². The molecule has 0 aromatic heterocycles. The van der Waals surface area contributed by atoms with E-state index in [4.69, 9.17) is 40.5 Å². The van der Waals surface area contributed by atoms with Gasteiger partial charge < -0.3 is 10.8 Å². The summed E-state index contributed by atoms with van der Waals surface area (Å²) in [5.41, 5.74) is 6.58. The average molecular weight is 297 g/mol. The predicted octanol–water partition coefficient (Wildman–Crippen LogP) is 4.05. The van der Waals surface area contributed by atoms with Gasteiger partial charge in [-0.2, -0.15) is 0 Å². The molecule has 0 bridgehead atoms. The SMILES string of the molecule is CCC(C)[C@@H](O)[C@@H](N)c1cc(Cl)cc(Cl)c1Cl. The predicted molar refractivity (Wildman–Crippen MR) is 73.9 cm³/mol. The molecular weight excluding hydrogens is 280 g/mol. The summed E-state index contributed by atoms with van der Waals surface area (Å²) in [6, 6.07) is 2.61. The van der Waals surface area contributed by atoms with Gasteiger partial charge in [-0.25, -0.2) is 0 Å². The lowest BCUT2D eigenvalue weighted by Crippen LogP contribution is -2.31. The first-order chi connectivity index (χ1) is 7.88. The Labute approximate surface area is 117 Å². The lowest BCUT2D eigenvalue weighted by atomic mass is 9.91. The molecule has 17 heavy (non-hydrogen) atoms. The number of halogens is 3. The van der Waals surface area contributed by atoms with E-state index in [1.807, 2.05) is 13.8 Å². The number of aliphatic hydroxyl groups excluding tert-OH is 1. The summed E-state index contributed by atoms with van der Waals surface area (Å²) in [6.45, 7) is 3.93. The molecule has 96 valence electrons. The fourth-order valence-corrected chi connectivity index (χ4v) is 2.34. The second kappa shape index (κ2) is 6.26. The monoisotopic (exact) mass is 295 g/mol. The number of hydrogen-bond donors (Lipinski definition) is 2. The molecule has 0 amide bonds. The van der Waals surface area contributed by atoms with E-state index in [0.29, 0.717) is 20.6 Å². The second-order valence-corrected chi connectivity index (χ2v) is 5.41. The molecule has 1 aromatic carbocycles. The van der Waals surface area contributed by atoms with E-state index in [-0.39, 0.29) is 5.92 Å². The fraction of sp³-hybridized carbons (Fsp3) is 0.500. The van der Waals surface area contributed by atoms with Crippen molar-refractivity contribution in [1.82, 2.24) is 0 Å². The van der Waals surface area contributed by atoms with Crippen LogP contribution in [0.25, 0.3) is 0 Å². The zero-order chi connectivity index (χ0) is 13.2. The lowest BCUT2D eigenvalue weighted by Gasteiger charge is -2.25. The van der Waals surface area contributed by atoms with Crippen LogP contribution in [-0.4, -0.2) is 11.2 Å². The van der Waals surface area contributed by atoms with Crippen molar-refractivity contribution in [3.63, 3.8) is 0 Å². The first kappa shape index (κ1) is 15.1. The first-order valence-corrected chi connectivity index (χ1v) is 6.60. The zero-order valence-electron chi connectivity index (χ0n) is 9.75. The number of aliphatic hydroxyl groups is 1. The zero-order valence-corrected chi connectivity index (χ0v) is 12.0. The van der Waals surface area contributed by atoms with E-state index < -0.39 is 12.1 Å². The van der Waals surface area contributed by atoms with Crippen LogP contribution >= 0.6 is 34.8 Å². The maximum absolute atomic E-state index is 10.1. The van der Waals surface area contributed by atoms with Gasteiger partial charge in [0.1, 0.15) is 0 Å². The molecule has 0 spiro atoms. The van der Waals surface area contributed by atoms with Gasteiger partial charge in [0.2, 0.25) is 0 Å². The number of rotatable bonds is 4. The highest BCUT2D eigenvalue weighted by Crippen LogP contribution is 2.35. The lowest BCUT2D eigenvalue weighted by molar-refractivity contribution is 0.0880. The van der Waals surface area contributed by atoms with Crippen LogP contribution in [0.15, 0.2) is 12.1 Å². The van der Waals surface area contributed by atoms with Gasteiger partial charge in [0.25, 0.3) is 0 Å². The Kier molecular flexibility index (Phi) is 5.55. The third-order valence-electron chi connectivity index (χ3n) is 2.98. The Hall–Kier alpha value is 0.01000. The largest absolute Gasteiger partial charge is 0.391 e. The minimum atomic E-state index is -0.674. The van der Waals surface area contributed by atoms with E-state index in [0.717, 1.165) is 6.42 Å². The van der Waals surface area contributed by atoms with Crippen molar-refractivity contribution in [1.29, 1.82) is 0 Å². The van der Waals surface area contributed by atoms with Crippen molar-refractivity contribution in [3.8, 4) is 0 Å². The molecule has 0 aliphatic carbocycles. The fourth-order valence-electron chi connectivity index (χ4n) is 1.60. The van der Waals surface area contributed by atoms with Crippen molar-refractivity contribution in [3.05, 3.63) is 32.8 Å². The van der Waals surface area contributed by atoms with Crippen LogP contribution in [0.5, 0.6) is 0 Å². The van der Waals surface area contributed by atoms with Gasteiger partial charge in [0.05, 0.1) is 22.2 Å². The van der Waals surface area contributed by atoms with E-state index >= 15 is 0 Å². The van der Waals surface area contributed by atoms with Crippen LogP contribution in [0, 0.1) is 5.92 Å². The summed E-state index contributed by atoms with van der Waals surface area (Å²) in [6.07, 6.45) is 0.160. The maximum Gasteiger partial charge on any atom is 0.0758 e. The minimum absolute atomic E-state index is 0.0822. The van der Waals surface area contributed by atoms with Crippen LogP contribution in [0.1, 0.15) is 31.9 Å². The normalized spacial score (nSPS) is 16.6. The summed E-state index contributed by atoms with van der Waals surface area (Å²) in [5.74, 6) is 0.0822. The van der Waals surface area contributed by atoms with Gasteiger partial charge in [0, 0.05) is 5.02 Å². The van der Waals surface area contributed by atoms with Crippen molar-refractivity contribution >= 4 is 34.8 Å². The molecule has 1 aromatic rings. The standard InChI is InChI=1S/C12H16Cl3NO/c1-3-6(2)12(17)11(16)8-4-7(13)5-9(14)10(8)15/h4-6,11-12,17H,3,16H2,1-2H3/t6?,11-,12+/m0/s1. The highest BCUT2D eigenvalue weighted by Gasteiger charge is 2.24. The van der Waals surface area contributed by atoms with Gasteiger partial charge in [0.15, 0.2) is 0 Å². The molecule has 0 aliphatic rings. The Bertz CT molecular complexity index is 398. The van der Waals surface area contributed by atoms with E-state index in [9.17, 15) is 5.11 Å². The molecule has 0 heterocycles. The Morgan fingerprint density at radius 1 is 1.29 bits per heavy atom. The van der Waals surface area contributed by atoms with Crippen LogP contribution in [0.3, 0.4) is 0 Å². The third-order valence-corrected chi connectivity index (χ3v) is 4.01. The molecule has 3 atom stereocenters. The molecule has 0 saturated carbocycles. The minimum Gasteiger partial charge on any atom is -0.391 e. The maximum atomic E-state index is 10.1. The second-order valence-electron chi connectivity index (χ2n) is 4.19. The van der Waals surface area contributed by atoms with E-state index in [1.54, 1.807) is 12.1 Å². The van der Waals surface area contributed by atoms with Gasteiger partial charge in [-0.15, -0.1) is 0 Å². The highest BCUT2D eigenvalue weighted by atomic mass is 35.5. The van der Waals surface area contributed by atoms with E-state index in [1.165, 1.54) is 0 Å². The molecule has 2 nitrogen and oxygen atoms in total. The van der Waals surface area contributed by atoms with Crippen molar-refractivity contribution < 1.29 is 5.11 Å². The highest BCUT2D eigenvalue weighted by molar-refractivity contribution is 6.43. The van der Waals surface area contributed by atoms with Crippen LogP contribution < -0.4 is 5.73 Å². The molecule has 5 heteroatoms. The molecule has 1 unspecified atom stereocenters. The van der Waals surface area contributed by atoms with Crippen LogP contribution in [0.2, 0.25) is 15.1 Å². The molecule has 3 N–H and O–H groups in total. The molecular formula is C12H16Cl3NO. The Morgan fingerprint density at radius 3 is 2.41 bits per heavy atom. The van der Waals surface area contributed by atoms with Gasteiger partial charge in [-0.1, -0.05) is 55.1 Å². The molecule has 1 rings (SSSR count). The topological polar surface area (TPSA) is 46.2 Å². The van der Waals surface area contributed by atoms with Gasteiger partial charge >= 0.3 is 0 Å². The van der Waals surface area contributed by atoms with Crippen LogP contribution in [0.4, 0.5) is 0 Å². The number of hydrogen-bond acceptors (Lipinski definition) is 2.